The minimum absolute atomic E-state index is 0.225. The van der Waals surface area contributed by atoms with Gasteiger partial charge in [0.05, 0.1) is 18.2 Å². The van der Waals surface area contributed by atoms with Gasteiger partial charge in [0.1, 0.15) is 0 Å². The first-order valence-corrected chi connectivity index (χ1v) is 6.71. The number of carbonyl (C=O) groups excluding carboxylic acids is 1. The molecule has 18 heavy (non-hydrogen) atoms. The smallest absolute Gasteiger partial charge is 0.237 e. The molecule has 2 unspecified atom stereocenters. The molecule has 1 aliphatic heterocycles. The summed E-state index contributed by atoms with van der Waals surface area (Å²) in [6, 6.07) is 0.228. The first-order chi connectivity index (χ1) is 8.44. The number of carbonyl (C=O) groups is 1. The van der Waals surface area contributed by atoms with E-state index in [9.17, 15) is 4.79 Å². The number of rotatable bonds is 8. The van der Waals surface area contributed by atoms with Crippen LogP contribution in [0, 0.1) is 0 Å². The molecule has 1 amide bonds. The van der Waals surface area contributed by atoms with Gasteiger partial charge in [-0.2, -0.15) is 0 Å². The number of amides is 1. The van der Waals surface area contributed by atoms with Gasteiger partial charge in [-0.1, -0.05) is 0 Å². The molecule has 1 fully saturated rings. The Kier molecular flexibility index (Phi) is 6.05. The summed E-state index contributed by atoms with van der Waals surface area (Å²) in [5.41, 5.74) is 4.81. The second-order valence-corrected chi connectivity index (χ2v) is 5.46. The molecule has 0 radical (unpaired) electrons. The lowest BCUT2D eigenvalue weighted by atomic mass is 9.94. The first kappa shape index (κ1) is 15.4. The average Bonchev–Trinajstić information content (AvgIpc) is 2.76. The normalized spacial score (nSPS) is 23.2. The minimum Gasteiger partial charge on any atom is -0.379 e. The molecular weight excluding hydrogens is 232 g/mol. The zero-order chi connectivity index (χ0) is 13.6. The predicted molar refractivity (Wildman–Crippen MR) is 70.3 cm³/mol. The van der Waals surface area contributed by atoms with Gasteiger partial charge in [0.15, 0.2) is 0 Å². The Hall–Kier alpha value is -0.650. The van der Waals surface area contributed by atoms with Crippen molar-refractivity contribution in [2.75, 3.05) is 19.8 Å². The van der Waals surface area contributed by atoms with E-state index in [0.717, 1.165) is 19.4 Å². The van der Waals surface area contributed by atoms with E-state index in [2.05, 4.69) is 5.32 Å². The highest BCUT2D eigenvalue weighted by Crippen LogP contribution is 2.15. The van der Waals surface area contributed by atoms with Gasteiger partial charge in [-0.3, -0.25) is 4.79 Å². The van der Waals surface area contributed by atoms with Crippen molar-refractivity contribution in [3.05, 3.63) is 0 Å². The van der Waals surface area contributed by atoms with Gasteiger partial charge in [-0.25, -0.2) is 0 Å². The molecular formula is C13H26N2O3. The van der Waals surface area contributed by atoms with Gasteiger partial charge >= 0.3 is 0 Å². The fraction of sp³-hybridized carbons (Fsp3) is 0.923. The van der Waals surface area contributed by atoms with Crippen molar-refractivity contribution in [1.29, 1.82) is 0 Å². The maximum absolute atomic E-state index is 11.5. The highest BCUT2D eigenvalue weighted by Gasteiger charge is 2.30. The van der Waals surface area contributed by atoms with Crippen LogP contribution in [0.4, 0.5) is 0 Å². The molecule has 1 rings (SSSR count). The van der Waals surface area contributed by atoms with Gasteiger partial charge in [0.25, 0.3) is 0 Å². The maximum Gasteiger partial charge on any atom is 0.237 e. The fourth-order valence-electron chi connectivity index (χ4n) is 2.22. The highest BCUT2D eigenvalue weighted by atomic mass is 16.5. The van der Waals surface area contributed by atoms with Crippen LogP contribution in [-0.2, 0) is 14.3 Å². The van der Waals surface area contributed by atoms with Crippen LogP contribution in [0.25, 0.3) is 0 Å². The minimum atomic E-state index is -0.649. The summed E-state index contributed by atoms with van der Waals surface area (Å²) in [4.78, 5) is 11.5. The van der Waals surface area contributed by atoms with E-state index in [1.807, 2.05) is 20.8 Å². The zero-order valence-electron chi connectivity index (χ0n) is 11.7. The largest absolute Gasteiger partial charge is 0.379 e. The lowest BCUT2D eigenvalue weighted by Gasteiger charge is -2.30. The standard InChI is InChI=1S/C13H26N2O3/c1-10(2)15-13(3,12(14)16)6-4-7-18-11-5-8-17-9-11/h10-11,15H,4-9H2,1-3H3,(H2,14,16). The molecule has 106 valence electrons. The van der Waals surface area contributed by atoms with E-state index in [-0.39, 0.29) is 18.1 Å². The second kappa shape index (κ2) is 7.07. The summed E-state index contributed by atoms with van der Waals surface area (Å²) in [7, 11) is 0. The lowest BCUT2D eigenvalue weighted by molar-refractivity contribution is -0.124. The van der Waals surface area contributed by atoms with E-state index < -0.39 is 5.54 Å². The fourth-order valence-corrected chi connectivity index (χ4v) is 2.22. The van der Waals surface area contributed by atoms with Gasteiger partial charge in [0.2, 0.25) is 5.91 Å². The van der Waals surface area contributed by atoms with Crippen molar-refractivity contribution in [2.24, 2.45) is 5.73 Å². The lowest BCUT2D eigenvalue weighted by Crippen LogP contribution is -2.55. The van der Waals surface area contributed by atoms with Crippen LogP contribution in [0.3, 0.4) is 0 Å². The van der Waals surface area contributed by atoms with Crippen molar-refractivity contribution in [2.45, 2.75) is 57.7 Å². The van der Waals surface area contributed by atoms with Crippen molar-refractivity contribution < 1.29 is 14.3 Å². The molecule has 0 aromatic heterocycles. The first-order valence-electron chi connectivity index (χ1n) is 6.71. The molecule has 0 spiro atoms. The summed E-state index contributed by atoms with van der Waals surface area (Å²) in [6.07, 6.45) is 2.70. The van der Waals surface area contributed by atoms with E-state index in [0.29, 0.717) is 19.6 Å². The average molecular weight is 258 g/mol. The monoisotopic (exact) mass is 258 g/mol. The Labute approximate surface area is 109 Å². The summed E-state index contributed by atoms with van der Waals surface area (Å²) in [5.74, 6) is -0.305. The van der Waals surface area contributed by atoms with Crippen LogP contribution in [0.15, 0.2) is 0 Å². The topological polar surface area (TPSA) is 73.6 Å². The summed E-state index contributed by atoms with van der Waals surface area (Å²) in [6.45, 7) is 8.00. The third-order valence-corrected chi connectivity index (χ3v) is 3.21. The Bertz CT molecular complexity index is 265. The second-order valence-electron chi connectivity index (χ2n) is 5.46. The van der Waals surface area contributed by atoms with Crippen molar-refractivity contribution in [3.8, 4) is 0 Å². The summed E-state index contributed by atoms with van der Waals surface area (Å²) >= 11 is 0. The van der Waals surface area contributed by atoms with Gasteiger partial charge in [0, 0.05) is 19.3 Å². The number of nitrogens with two attached hydrogens (primary N) is 1. The molecule has 1 saturated heterocycles. The molecule has 0 aromatic rings. The summed E-state index contributed by atoms with van der Waals surface area (Å²) < 4.78 is 10.9. The van der Waals surface area contributed by atoms with Crippen molar-refractivity contribution >= 4 is 5.91 Å². The number of primary amides is 1. The molecule has 1 aliphatic rings. The number of ether oxygens (including phenoxy) is 2. The van der Waals surface area contributed by atoms with Crippen LogP contribution in [0.5, 0.6) is 0 Å². The highest BCUT2D eigenvalue weighted by molar-refractivity contribution is 5.84. The van der Waals surface area contributed by atoms with Crippen LogP contribution >= 0.6 is 0 Å². The third-order valence-electron chi connectivity index (χ3n) is 3.21. The SMILES string of the molecule is CC(C)NC(C)(CCCOC1CCOC1)C(N)=O. The van der Waals surface area contributed by atoms with E-state index in [4.69, 9.17) is 15.2 Å². The van der Waals surface area contributed by atoms with Crippen LogP contribution in [0.2, 0.25) is 0 Å². The Morgan fingerprint density at radius 1 is 1.61 bits per heavy atom. The Balaban J connectivity index is 2.26. The molecule has 5 nitrogen and oxygen atoms in total. The number of nitrogens with one attached hydrogen (secondary N) is 1. The molecule has 3 N–H and O–H groups in total. The molecule has 1 heterocycles. The zero-order valence-corrected chi connectivity index (χ0v) is 11.7. The molecule has 0 bridgehead atoms. The van der Waals surface area contributed by atoms with Crippen LogP contribution in [-0.4, -0.2) is 43.4 Å². The maximum atomic E-state index is 11.5. The Morgan fingerprint density at radius 3 is 2.83 bits per heavy atom. The quantitative estimate of drug-likeness (QED) is 0.632. The molecule has 5 heteroatoms. The van der Waals surface area contributed by atoms with Crippen LogP contribution < -0.4 is 11.1 Å². The predicted octanol–water partition coefficient (Wildman–Crippen LogP) is 0.814. The van der Waals surface area contributed by atoms with Crippen LogP contribution in [0.1, 0.15) is 40.0 Å². The molecule has 2 atom stereocenters. The van der Waals surface area contributed by atoms with E-state index in [1.54, 1.807) is 0 Å². The number of hydrogen-bond donors (Lipinski definition) is 2. The van der Waals surface area contributed by atoms with E-state index >= 15 is 0 Å². The van der Waals surface area contributed by atoms with Crippen molar-refractivity contribution in [3.63, 3.8) is 0 Å². The van der Waals surface area contributed by atoms with Gasteiger partial charge in [-0.05, 0) is 40.0 Å². The van der Waals surface area contributed by atoms with Gasteiger partial charge < -0.3 is 20.5 Å². The van der Waals surface area contributed by atoms with Crippen molar-refractivity contribution in [1.82, 2.24) is 5.32 Å². The third kappa shape index (κ3) is 4.92. The van der Waals surface area contributed by atoms with E-state index in [1.165, 1.54) is 0 Å². The molecule has 0 aliphatic carbocycles. The molecule has 0 aromatic carbocycles. The van der Waals surface area contributed by atoms with Gasteiger partial charge in [-0.15, -0.1) is 0 Å². The summed E-state index contributed by atoms with van der Waals surface area (Å²) in [5, 5.41) is 3.23. The Morgan fingerprint density at radius 2 is 2.33 bits per heavy atom. The number of hydrogen-bond acceptors (Lipinski definition) is 4. The molecule has 0 saturated carbocycles.